The van der Waals surface area contributed by atoms with E-state index < -0.39 is 5.97 Å². The topological polar surface area (TPSA) is 57.5 Å². The fourth-order valence-corrected chi connectivity index (χ4v) is 3.16. The van der Waals surface area contributed by atoms with Crippen LogP contribution in [0, 0.1) is 11.8 Å². The van der Waals surface area contributed by atoms with E-state index in [0.717, 1.165) is 38.5 Å². The van der Waals surface area contributed by atoms with Gasteiger partial charge >= 0.3 is 5.97 Å². The second-order valence-corrected chi connectivity index (χ2v) is 6.45. The lowest BCUT2D eigenvalue weighted by atomic mass is 9.81. The number of allylic oxidation sites excluding steroid dienone is 1. The Labute approximate surface area is 129 Å². The molecule has 122 valence electrons. The van der Waals surface area contributed by atoms with Gasteiger partial charge in [0.05, 0.1) is 6.10 Å². The van der Waals surface area contributed by atoms with E-state index in [4.69, 9.17) is 5.11 Å². The number of carboxylic acids is 1. The summed E-state index contributed by atoms with van der Waals surface area (Å²) < 4.78 is 0. The molecule has 0 unspecified atom stereocenters. The molecular weight excluding hydrogens is 264 g/mol. The van der Waals surface area contributed by atoms with Gasteiger partial charge in [-0.3, -0.25) is 4.79 Å². The summed E-state index contributed by atoms with van der Waals surface area (Å²) in [6.45, 7) is 2.22. The number of rotatable bonds is 11. The Balaban J connectivity index is 2.13. The lowest BCUT2D eigenvalue weighted by Crippen LogP contribution is -2.25. The lowest BCUT2D eigenvalue weighted by molar-refractivity contribution is -0.137. The highest BCUT2D eigenvalue weighted by atomic mass is 16.4. The van der Waals surface area contributed by atoms with E-state index in [1.165, 1.54) is 25.7 Å². The van der Waals surface area contributed by atoms with Gasteiger partial charge in [0.1, 0.15) is 0 Å². The summed E-state index contributed by atoms with van der Waals surface area (Å²) in [6, 6.07) is 0. The van der Waals surface area contributed by atoms with Crippen molar-refractivity contribution in [3.63, 3.8) is 0 Å². The smallest absolute Gasteiger partial charge is 0.303 e. The van der Waals surface area contributed by atoms with Crippen LogP contribution in [0.4, 0.5) is 0 Å². The summed E-state index contributed by atoms with van der Waals surface area (Å²) in [7, 11) is 0. The summed E-state index contributed by atoms with van der Waals surface area (Å²) in [6.07, 6.45) is 15.5. The van der Waals surface area contributed by atoms with E-state index in [9.17, 15) is 9.90 Å². The van der Waals surface area contributed by atoms with Crippen molar-refractivity contribution >= 4 is 5.97 Å². The molecule has 0 aromatic carbocycles. The lowest BCUT2D eigenvalue weighted by Gasteiger charge is -2.28. The Kier molecular flexibility index (Phi) is 9.40. The largest absolute Gasteiger partial charge is 0.481 e. The first-order chi connectivity index (χ1) is 10.1. The molecule has 0 aromatic heterocycles. The van der Waals surface area contributed by atoms with Crippen molar-refractivity contribution in [3.05, 3.63) is 12.2 Å². The van der Waals surface area contributed by atoms with Crippen molar-refractivity contribution in [1.29, 1.82) is 0 Å². The Bertz CT molecular complexity index is 312. The molecule has 0 amide bonds. The number of carbonyl (C=O) groups is 1. The average molecular weight is 296 g/mol. The Morgan fingerprint density at radius 1 is 1.05 bits per heavy atom. The number of carboxylic acid groups (broad SMARTS) is 1. The van der Waals surface area contributed by atoms with Gasteiger partial charge in [-0.2, -0.15) is 0 Å². The molecule has 0 radical (unpaired) electrons. The maximum Gasteiger partial charge on any atom is 0.303 e. The van der Waals surface area contributed by atoms with Crippen LogP contribution in [0.15, 0.2) is 12.2 Å². The van der Waals surface area contributed by atoms with Crippen molar-refractivity contribution in [2.24, 2.45) is 11.8 Å². The first-order valence-electron chi connectivity index (χ1n) is 8.71. The summed E-state index contributed by atoms with van der Waals surface area (Å²) in [5.41, 5.74) is 0. The van der Waals surface area contributed by atoms with E-state index in [-0.39, 0.29) is 12.5 Å². The third kappa shape index (κ3) is 8.25. The Hall–Kier alpha value is -0.830. The maximum absolute atomic E-state index is 10.4. The highest BCUT2D eigenvalue weighted by Gasteiger charge is 2.23. The van der Waals surface area contributed by atoms with Crippen molar-refractivity contribution < 1.29 is 15.0 Å². The van der Waals surface area contributed by atoms with E-state index in [1.54, 1.807) is 0 Å². The van der Waals surface area contributed by atoms with Crippen LogP contribution in [-0.2, 0) is 4.79 Å². The van der Waals surface area contributed by atoms with E-state index >= 15 is 0 Å². The molecule has 0 bridgehead atoms. The average Bonchev–Trinajstić information content (AvgIpc) is 2.44. The molecule has 0 saturated carbocycles. The van der Waals surface area contributed by atoms with Crippen LogP contribution in [0.2, 0.25) is 0 Å². The minimum absolute atomic E-state index is 0.180. The molecule has 1 rings (SSSR count). The van der Waals surface area contributed by atoms with Crippen LogP contribution in [0.25, 0.3) is 0 Å². The zero-order valence-electron chi connectivity index (χ0n) is 13.5. The number of hydrogen-bond acceptors (Lipinski definition) is 2. The highest BCUT2D eigenvalue weighted by Crippen LogP contribution is 2.29. The molecule has 0 spiro atoms. The van der Waals surface area contributed by atoms with Gasteiger partial charge in [0, 0.05) is 12.3 Å². The predicted molar refractivity (Wildman–Crippen MR) is 86.2 cm³/mol. The van der Waals surface area contributed by atoms with Gasteiger partial charge in [-0.15, -0.1) is 0 Å². The molecule has 0 saturated heterocycles. The molecule has 0 aliphatic heterocycles. The first kappa shape index (κ1) is 18.2. The van der Waals surface area contributed by atoms with E-state index in [1.807, 2.05) is 0 Å². The molecule has 2 N–H and O–H groups in total. The summed E-state index contributed by atoms with van der Waals surface area (Å²) in [5.74, 6) is 0.181. The van der Waals surface area contributed by atoms with Crippen LogP contribution in [0.1, 0.15) is 77.6 Å². The van der Waals surface area contributed by atoms with Crippen molar-refractivity contribution in [2.75, 3.05) is 0 Å². The third-order valence-corrected chi connectivity index (χ3v) is 4.53. The second-order valence-electron chi connectivity index (χ2n) is 6.45. The molecule has 3 nitrogen and oxygen atoms in total. The molecule has 3 atom stereocenters. The Morgan fingerprint density at radius 2 is 1.76 bits per heavy atom. The number of aliphatic hydroxyl groups excluding tert-OH is 1. The number of aliphatic hydroxyl groups is 1. The molecule has 0 heterocycles. The quantitative estimate of drug-likeness (QED) is 0.434. The second kappa shape index (κ2) is 10.8. The molecule has 1 aliphatic rings. The number of aliphatic carboxylic acids is 1. The van der Waals surface area contributed by atoms with E-state index in [0.29, 0.717) is 11.8 Å². The summed E-state index contributed by atoms with van der Waals surface area (Å²) in [4.78, 5) is 10.4. The Morgan fingerprint density at radius 3 is 2.43 bits per heavy atom. The minimum Gasteiger partial charge on any atom is -0.481 e. The summed E-state index contributed by atoms with van der Waals surface area (Å²) in [5, 5.41) is 18.8. The van der Waals surface area contributed by atoms with Crippen LogP contribution < -0.4 is 0 Å². The highest BCUT2D eigenvalue weighted by molar-refractivity contribution is 5.66. The molecule has 0 aromatic rings. The van der Waals surface area contributed by atoms with Gasteiger partial charge in [0.2, 0.25) is 0 Å². The third-order valence-electron chi connectivity index (χ3n) is 4.53. The predicted octanol–water partition coefficient (Wildman–Crippen LogP) is 4.55. The molecule has 0 fully saturated rings. The van der Waals surface area contributed by atoms with Gasteiger partial charge in [-0.05, 0) is 31.6 Å². The molecule has 3 heteroatoms. The first-order valence-corrected chi connectivity index (χ1v) is 8.71. The normalized spacial score (nSPS) is 25.1. The fraction of sp³-hybridized carbons (Fsp3) is 0.833. The zero-order valence-corrected chi connectivity index (χ0v) is 13.5. The standard InChI is InChI=1S/C18H32O3/c1-2-3-6-9-15-12-13-16(17(19)14-15)10-7-4-5-8-11-18(20)21/h12-13,15-17,19H,2-11,14H2,1H3,(H,20,21)/t15-,16-,17-/m1/s1. The number of hydrogen-bond donors (Lipinski definition) is 2. The van der Waals surface area contributed by atoms with Gasteiger partial charge in [-0.1, -0.05) is 57.6 Å². The van der Waals surface area contributed by atoms with Crippen LogP contribution >= 0.6 is 0 Å². The fourth-order valence-electron chi connectivity index (χ4n) is 3.16. The van der Waals surface area contributed by atoms with Gasteiger partial charge < -0.3 is 10.2 Å². The van der Waals surface area contributed by atoms with Gasteiger partial charge in [0.25, 0.3) is 0 Å². The van der Waals surface area contributed by atoms with Crippen molar-refractivity contribution in [1.82, 2.24) is 0 Å². The minimum atomic E-state index is -0.699. The SMILES string of the molecule is CCCCC[C@@H]1C=C[C@@H](CCCCCCC(=O)O)[C@H](O)C1. The van der Waals surface area contributed by atoms with Crippen molar-refractivity contribution in [3.8, 4) is 0 Å². The monoisotopic (exact) mass is 296 g/mol. The van der Waals surface area contributed by atoms with Gasteiger partial charge in [-0.25, -0.2) is 0 Å². The molecular formula is C18H32O3. The van der Waals surface area contributed by atoms with Gasteiger partial charge in [0.15, 0.2) is 0 Å². The molecule has 1 aliphatic carbocycles. The van der Waals surface area contributed by atoms with Crippen LogP contribution in [0.3, 0.4) is 0 Å². The van der Waals surface area contributed by atoms with Crippen LogP contribution in [-0.4, -0.2) is 22.3 Å². The van der Waals surface area contributed by atoms with Crippen molar-refractivity contribution in [2.45, 2.75) is 83.7 Å². The van der Waals surface area contributed by atoms with Crippen LogP contribution in [0.5, 0.6) is 0 Å². The number of unbranched alkanes of at least 4 members (excludes halogenated alkanes) is 5. The molecule has 21 heavy (non-hydrogen) atoms. The van der Waals surface area contributed by atoms with E-state index in [2.05, 4.69) is 19.1 Å². The summed E-state index contributed by atoms with van der Waals surface area (Å²) >= 11 is 0. The zero-order chi connectivity index (χ0) is 15.5. The maximum atomic E-state index is 10.4.